The number of aromatic nitrogens is 2. The predicted molar refractivity (Wildman–Crippen MR) is 84.0 cm³/mol. The molecule has 1 heterocycles. The highest BCUT2D eigenvalue weighted by molar-refractivity contribution is 7.80. The van der Waals surface area contributed by atoms with Crippen molar-refractivity contribution in [3.05, 3.63) is 63.7 Å². The maximum Gasteiger partial charge on any atom is 0.267 e. The average molecular weight is 318 g/mol. The van der Waals surface area contributed by atoms with Crippen molar-refractivity contribution >= 4 is 23.5 Å². The number of fused-ring (bicyclic) bond motifs is 1. The van der Waals surface area contributed by atoms with Gasteiger partial charge in [-0.1, -0.05) is 12.1 Å². The van der Waals surface area contributed by atoms with E-state index in [1.165, 1.54) is 13.0 Å². The van der Waals surface area contributed by atoms with Gasteiger partial charge in [-0.15, -0.1) is 12.6 Å². The van der Waals surface area contributed by atoms with Crippen molar-refractivity contribution in [2.45, 2.75) is 18.7 Å². The van der Waals surface area contributed by atoms with E-state index in [0.29, 0.717) is 10.4 Å². The van der Waals surface area contributed by atoms with Crippen molar-refractivity contribution in [3.63, 3.8) is 0 Å². The fourth-order valence-corrected chi connectivity index (χ4v) is 2.75. The summed E-state index contributed by atoms with van der Waals surface area (Å²) in [5.41, 5.74) is 0.325. The largest absolute Gasteiger partial charge is 0.268 e. The van der Waals surface area contributed by atoms with E-state index in [9.17, 15) is 13.6 Å². The number of thiol groups is 1. The van der Waals surface area contributed by atoms with Crippen LogP contribution >= 0.6 is 12.6 Å². The van der Waals surface area contributed by atoms with Gasteiger partial charge in [-0.3, -0.25) is 9.36 Å². The molecule has 3 rings (SSSR count). The zero-order chi connectivity index (χ0) is 16.0. The van der Waals surface area contributed by atoms with Crippen LogP contribution in [0.2, 0.25) is 0 Å². The Morgan fingerprint density at radius 1 is 1.09 bits per heavy atom. The molecular weight excluding hydrogens is 306 g/mol. The van der Waals surface area contributed by atoms with E-state index in [0.717, 1.165) is 22.3 Å². The number of halogens is 2. The molecule has 22 heavy (non-hydrogen) atoms. The molecule has 0 spiro atoms. The first-order valence-electron chi connectivity index (χ1n) is 6.58. The SMILES string of the molecule is Cc1ccc(S)c2c(=O)n(-c3c(F)cccc3F)c(C)nc12. The quantitative estimate of drug-likeness (QED) is 0.696. The molecule has 0 fully saturated rings. The summed E-state index contributed by atoms with van der Waals surface area (Å²) in [6.07, 6.45) is 0. The fourth-order valence-electron chi connectivity index (χ4n) is 2.48. The van der Waals surface area contributed by atoms with Crippen molar-refractivity contribution in [2.24, 2.45) is 0 Å². The van der Waals surface area contributed by atoms with Crippen LogP contribution in [0.15, 0.2) is 40.0 Å². The minimum Gasteiger partial charge on any atom is -0.268 e. The number of nitrogens with zero attached hydrogens (tertiary/aromatic N) is 2. The van der Waals surface area contributed by atoms with Gasteiger partial charge in [0.1, 0.15) is 23.1 Å². The third kappa shape index (κ3) is 2.11. The summed E-state index contributed by atoms with van der Waals surface area (Å²) >= 11 is 4.27. The van der Waals surface area contributed by atoms with Crippen LogP contribution in [0.5, 0.6) is 0 Å². The third-order valence-corrected chi connectivity index (χ3v) is 3.91. The van der Waals surface area contributed by atoms with Gasteiger partial charge in [0.25, 0.3) is 5.56 Å². The molecule has 0 bridgehead atoms. The monoisotopic (exact) mass is 318 g/mol. The number of aryl methyl sites for hydroxylation is 2. The van der Waals surface area contributed by atoms with Crippen LogP contribution in [0.4, 0.5) is 8.78 Å². The first-order chi connectivity index (χ1) is 10.4. The predicted octanol–water partition coefficient (Wildman–Crippen LogP) is 3.57. The molecule has 0 aliphatic heterocycles. The lowest BCUT2D eigenvalue weighted by molar-refractivity contribution is 0.563. The van der Waals surface area contributed by atoms with Gasteiger partial charge in [-0.05, 0) is 37.6 Å². The molecule has 0 saturated carbocycles. The molecule has 6 heteroatoms. The third-order valence-electron chi connectivity index (χ3n) is 3.53. The van der Waals surface area contributed by atoms with Crippen LogP contribution < -0.4 is 5.56 Å². The van der Waals surface area contributed by atoms with Crippen LogP contribution in [0.3, 0.4) is 0 Å². The normalized spacial score (nSPS) is 11.1. The van der Waals surface area contributed by atoms with E-state index in [4.69, 9.17) is 0 Å². The Balaban J connectivity index is 2.52. The Labute approximate surface area is 130 Å². The summed E-state index contributed by atoms with van der Waals surface area (Å²) in [5, 5.41) is 0.247. The molecular formula is C16H12F2N2OS. The molecule has 0 N–H and O–H groups in total. The van der Waals surface area contributed by atoms with Crippen molar-refractivity contribution in [1.82, 2.24) is 9.55 Å². The molecule has 0 aliphatic carbocycles. The van der Waals surface area contributed by atoms with Gasteiger partial charge in [0.15, 0.2) is 0 Å². The molecule has 1 aromatic heterocycles. The lowest BCUT2D eigenvalue weighted by Gasteiger charge is -2.14. The minimum atomic E-state index is -0.820. The highest BCUT2D eigenvalue weighted by atomic mass is 32.1. The molecule has 0 saturated heterocycles. The molecule has 0 aliphatic rings. The Kier molecular flexibility index (Phi) is 3.48. The summed E-state index contributed by atoms with van der Waals surface area (Å²) in [5.74, 6) is -1.43. The number of para-hydroxylation sites is 1. The van der Waals surface area contributed by atoms with E-state index in [1.54, 1.807) is 12.1 Å². The fraction of sp³-hybridized carbons (Fsp3) is 0.125. The second-order valence-electron chi connectivity index (χ2n) is 5.00. The summed E-state index contributed by atoms with van der Waals surface area (Å²) in [4.78, 5) is 17.5. The van der Waals surface area contributed by atoms with Crippen LogP contribution in [-0.4, -0.2) is 9.55 Å². The zero-order valence-corrected chi connectivity index (χ0v) is 12.8. The van der Waals surface area contributed by atoms with Crippen molar-refractivity contribution in [3.8, 4) is 5.69 Å². The Hall–Kier alpha value is -2.21. The van der Waals surface area contributed by atoms with Gasteiger partial charge in [0.2, 0.25) is 0 Å². The molecule has 2 aromatic carbocycles. The van der Waals surface area contributed by atoms with Crippen LogP contribution in [0.25, 0.3) is 16.6 Å². The highest BCUT2D eigenvalue weighted by Crippen LogP contribution is 2.23. The number of benzene rings is 2. The van der Waals surface area contributed by atoms with Crippen LogP contribution in [0, 0.1) is 25.5 Å². The standard InChI is InChI=1S/C16H12F2N2OS/c1-8-6-7-12(22)13-14(8)19-9(2)20(16(13)21)15-10(17)4-3-5-11(15)18/h3-7,22H,1-2H3. The molecule has 0 unspecified atom stereocenters. The van der Waals surface area contributed by atoms with Gasteiger partial charge < -0.3 is 0 Å². The smallest absolute Gasteiger partial charge is 0.267 e. The summed E-state index contributed by atoms with van der Waals surface area (Å²) in [7, 11) is 0. The first-order valence-corrected chi connectivity index (χ1v) is 7.03. The van der Waals surface area contributed by atoms with Crippen molar-refractivity contribution in [1.29, 1.82) is 0 Å². The highest BCUT2D eigenvalue weighted by Gasteiger charge is 2.18. The van der Waals surface area contributed by atoms with E-state index in [-0.39, 0.29) is 11.2 Å². The van der Waals surface area contributed by atoms with Crippen molar-refractivity contribution < 1.29 is 8.78 Å². The minimum absolute atomic E-state index is 0.212. The first kappa shape index (κ1) is 14.7. The number of rotatable bonds is 1. The zero-order valence-electron chi connectivity index (χ0n) is 11.9. The molecule has 0 amide bonds. The van der Waals surface area contributed by atoms with Gasteiger partial charge >= 0.3 is 0 Å². The summed E-state index contributed by atoms with van der Waals surface area (Å²) < 4.78 is 29.0. The molecule has 3 aromatic rings. The number of hydrogen-bond acceptors (Lipinski definition) is 3. The average Bonchev–Trinajstić information content (AvgIpc) is 2.45. The molecule has 3 nitrogen and oxygen atoms in total. The van der Waals surface area contributed by atoms with Crippen LogP contribution in [-0.2, 0) is 0 Å². The summed E-state index contributed by atoms with van der Waals surface area (Å²) in [6, 6.07) is 6.92. The Morgan fingerprint density at radius 2 is 1.73 bits per heavy atom. The second kappa shape index (κ2) is 5.21. The van der Waals surface area contributed by atoms with Gasteiger partial charge in [0, 0.05) is 4.90 Å². The topological polar surface area (TPSA) is 34.9 Å². The molecule has 0 atom stereocenters. The molecule has 112 valence electrons. The Morgan fingerprint density at radius 3 is 2.36 bits per heavy atom. The summed E-state index contributed by atoms with van der Waals surface area (Å²) in [6.45, 7) is 3.35. The van der Waals surface area contributed by atoms with Gasteiger partial charge in [-0.25, -0.2) is 13.8 Å². The van der Waals surface area contributed by atoms with E-state index in [2.05, 4.69) is 17.6 Å². The maximum absolute atomic E-state index is 14.0. The Bertz CT molecular complexity index is 946. The molecule has 0 radical (unpaired) electrons. The van der Waals surface area contributed by atoms with Crippen LogP contribution in [0.1, 0.15) is 11.4 Å². The van der Waals surface area contributed by atoms with E-state index < -0.39 is 22.9 Å². The van der Waals surface area contributed by atoms with Gasteiger partial charge in [0.05, 0.1) is 10.9 Å². The van der Waals surface area contributed by atoms with E-state index >= 15 is 0 Å². The lowest BCUT2D eigenvalue weighted by atomic mass is 10.1. The van der Waals surface area contributed by atoms with Crippen molar-refractivity contribution in [2.75, 3.05) is 0 Å². The number of hydrogen-bond donors (Lipinski definition) is 1. The van der Waals surface area contributed by atoms with Gasteiger partial charge in [-0.2, -0.15) is 0 Å². The van der Waals surface area contributed by atoms with E-state index in [1.807, 2.05) is 6.92 Å². The second-order valence-corrected chi connectivity index (χ2v) is 5.48. The lowest BCUT2D eigenvalue weighted by Crippen LogP contribution is -2.24. The maximum atomic E-state index is 14.0.